The normalized spacial score (nSPS) is 10.5. The van der Waals surface area contributed by atoms with Crippen LogP contribution in [0.4, 0.5) is 5.69 Å². The quantitative estimate of drug-likeness (QED) is 0.856. The Morgan fingerprint density at radius 3 is 2.65 bits per heavy atom. The maximum atomic E-state index is 6.08. The van der Waals surface area contributed by atoms with Gasteiger partial charge in [-0.1, -0.05) is 29.3 Å². The number of pyridine rings is 1. The van der Waals surface area contributed by atoms with Crippen LogP contribution in [0.15, 0.2) is 41.6 Å². The van der Waals surface area contributed by atoms with Crippen molar-refractivity contribution in [2.75, 3.05) is 5.73 Å². The molecule has 0 saturated heterocycles. The molecule has 0 aliphatic heterocycles. The first-order valence-corrected chi connectivity index (χ1v) is 6.67. The molecule has 0 bridgehead atoms. The highest BCUT2D eigenvalue weighted by atomic mass is 35.5. The Labute approximate surface area is 114 Å². The van der Waals surface area contributed by atoms with Crippen molar-refractivity contribution >= 4 is 40.7 Å². The summed E-state index contributed by atoms with van der Waals surface area (Å²) in [5.41, 5.74) is 7.27. The fourth-order valence-electron chi connectivity index (χ4n) is 1.27. The van der Waals surface area contributed by atoms with Crippen molar-refractivity contribution in [3.8, 4) is 0 Å². The van der Waals surface area contributed by atoms with Crippen LogP contribution < -0.4 is 5.73 Å². The molecule has 0 spiro atoms. The largest absolute Gasteiger partial charge is 0.397 e. The molecule has 0 amide bonds. The molecular formula is C12H10Cl2N2S. The average molecular weight is 285 g/mol. The second-order valence-electron chi connectivity index (χ2n) is 3.45. The summed E-state index contributed by atoms with van der Waals surface area (Å²) in [7, 11) is 0. The van der Waals surface area contributed by atoms with Gasteiger partial charge in [-0.05, 0) is 29.8 Å². The number of anilines is 1. The molecule has 2 aromatic rings. The highest BCUT2D eigenvalue weighted by Gasteiger charge is 2.03. The third kappa shape index (κ3) is 3.53. The van der Waals surface area contributed by atoms with E-state index >= 15 is 0 Å². The lowest BCUT2D eigenvalue weighted by Crippen LogP contribution is -1.88. The molecule has 0 saturated carbocycles. The van der Waals surface area contributed by atoms with Gasteiger partial charge >= 0.3 is 0 Å². The van der Waals surface area contributed by atoms with Gasteiger partial charge in [0.2, 0.25) is 0 Å². The summed E-state index contributed by atoms with van der Waals surface area (Å²) in [6.45, 7) is 0. The zero-order valence-electron chi connectivity index (χ0n) is 8.86. The molecule has 2 rings (SSSR count). The molecule has 0 aliphatic rings. The number of aromatic nitrogens is 1. The van der Waals surface area contributed by atoms with Crippen molar-refractivity contribution in [3.63, 3.8) is 0 Å². The summed E-state index contributed by atoms with van der Waals surface area (Å²) in [6.07, 6.45) is 1.64. The Morgan fingerprint density at radius 2 is 2.00 bits per heavy atom. The highest BCUT2D eigenvalue weighted by molar-refractivity contribution is 7.98. The third-order valence-corrected chi connectivity index (χ3v) is 3.73. The smallest absolute Gasteiger partial charge is 0.0964 e. The lowest BCUT2D eigenvalue weighted by atomic mass is 10.2. The van der Waals surface area contributed by atoms with E-state index in [-0.39, 0.29) is 0 Å². The van der Waals surface area contributed by atoms with Crippen LogP contribution in [0.5, 0.6) is 0 Å². The van der Waals surface area contributed by atoms with Crippen LogP contribution in [-0.2, 0) is 5.75 Å². The number of nitrogen functional groups attached to an aromatic ring is 1. The fraction of sp³-hybridized carbons (Fsp3) is 0.0833. The van der Waals surface area contributed by atoms with E-state index in [2.05, 4.69) is 4.98 Å². The Morgan fingerprint density at radius 1 is 1.18 bits per heavy atom. The van der Waals surface area contributed by atoms with Gasteiger partial charge in [0, 0.05) is 15.8 Å². The van der Waals surface area contributed by atoms with Crippen LogP contribution in [0.2, 0.25) is 10.0 Å². The van der Waals surface area contributed by atoms with Gasteiger partial charge in [0.15, 0.2) is 0 Å². The number of nitrogens with two attached hydrogens (primary N) is 1. The van der Waals surface area contributed by atoms with Crippen LogP contribution in [-0.4, -0.2) is 4.98 Å². The number of benzene rings is 1. The van der Waals surface area contributed by atoms with Gasteiger partial charge in [0.1, 0.15) is 0 Å². The molecule has 0 fully saturated rings. The Kier molecular flexibility index (Phi) is 4.15. The van der Waals surface area contributed by atoms with E-state index in [0.717, 1.165) is 16.3 Å². The molecule has 1 heterocycles. The molecule has 2 nitrogen and oxygen atoms in total. The third-order valence-electron chi connectivity index (χ3n) is 2.15. The monoisotopic (exact) mass is 284 g/mol. The van der Waals surface area contributed by atoms with Crippen molar-refractivity contribution < 1.29 is 0 Å². The van der Waals surface area contributed by atoms with Crippen molar-refractivity contribution in [1.29, 1.82) is 0 Å². The predicted molar refractivity (Wildman–Crippen MR) is 74.7 cm³/mol. The maximum Gasteiger partial charge on any atom is 0.0964 e. The minimum absolute atomic E-state index is 0.648. The summed E-state index contributed by atoms with van der Waals surface area (Å²) in [5.74, 6) is 0.757. The summed E-state index contributed by atoms with van der Waals surface area (Å²) < 4.78 is 0. The molecule has 0 radical (unpaired) electrons. The lowest BCUT2D eigenvalue weighted by Gasteiger charge is -2.04. The van der Waals surface area contributed by atoms with Crippen molar-refractivity contribution in [2.24, 2.45) is 0 Å². The second kappa shape index (κ2) is 5.63. The summed E-state index contributed by atoms with van der Waals surface area (Å²) in [5, 5.41) is 2.25. The van der Waals surface area contributed by atoms with Gasteiger partial charge < -0.3 is 5.73 Å². The molecule has 2 N–H and O–H groups in total. The topological polar surface area (TPSA) is 38.9 Å². The number of hydrogen-bond donors (Lipinski definition) is 1. The SMILES string of the molecule is Nc1ccc(SCc2ccc(Cl)cc2Cl)nc1. The molecule has 0 atom stereocenters. The summed E-state index contributed by atoms with van der Waals surface area (Å²) in [6, 6.07) is 9.23. The minimum Gasteiger partial charge on any atom is -0.397 e. The van der Waals surface area contributed by atoms with Crippen LogP contribution >= 0.6 is 35.0 Å². The van der Waals surface area contributed by atoms with E-state index in [1.54, 1.807) is 24.0 Å². The number of thioether (sulfide) groups is 1. The predicted octanol–water partition coefficient (Wildman–Crippen LogP) is 4.26. The Hall–Kier alpha value is -0.900. The molecule has 0 aliphatic carbocycles. The van der Waals surface area contributed by atoms with E-state index < -0.39 is 0 Å². The van der Waals surface area contributed by atoms with Crippen LogP contribution in [0, 0.1) is 0 Å². The first-order valence-electron chi connectivity index (χ1n) is 4.93. The van der Waals surface area contributed by atoms with Crippen molar-refractivity contribution in [3.05, 3.63) is 52.1 Å². The van der Waals surface area contributed by atoms with E-state index in [1.807, 2.05) is 24.3 Å². The Bertz CT molecular complexity index is 514. The number of rotatable bonds is 3. The minimum atomic E-state index is 0.648. The van der Waals surface area contributed by atoms with E-state index in [1.165, 1.54) is 0 Å². The average Bonchev–Trinajstić information content (AvgIpc) is 2.30. The van der Waals surface area contributed by atoms with Crippen LogP contribution in [0.1, 0.15) is 5.56 Å². The standard InChI is InChI=1S/C12H10Cl2N2S/c13-9-2-1-8(11(14)5-9)7-17-12-4-3-10(15)6-16-12/h1-6H,7,15H2. The van der Waals surface area contributed by atoms with Crippen LogP contribution in [0.25, 0.3) is 0 Å². The van der Waals surface area contributed by atoms with E-state index in [9.17, 15) is 0 Å². The zero-order valence-corrected chi connectivity index (χ0v) is 11.2. The Balaban J connectivity index is 2.04. The summed E-state index contributed by atoms with van der Waals surface area (Å²) in [4.78, 5) is 4.21. The second-order valence-corrected chi connectivity index (χ2v) is 5.29. The summed E-state index contributed by atoms with van der Waals surface area (Å²) >= 11 is 13.5. The number of hydrogen-bond acceptors (Lipinski definition) is 3. The lowest BCUT2D eigenvalue weighted by molar-refractivity contribution is 1.13. The number of halogens is 2. The number of nitrogens with zero attached hydrogens (tertiary/aromatic N) is 1. The molecule has 17 heavy (non-hydrogen) atoms. The molecule has 5 heteroatoms. The zero-order chi connectivity index (χ0) is 12.3. The van der Waals surface area contributed by atoms with E-state index in [4.69, 9.17) is 28.9 Å². The van der Waals surface area contributed by atoms with Crippen molar-refractivity contribution in [1.82, 2.24) is 4.98 Å². The highest BCUT2D eigenvalue weighted by Crippen LogP contribution is 2.27. The molecule has 0 unspecified atom stereocenters. The first-order chi connectivity index (χ1) is 8.15. The molecule has 88 valence electrons. The molecule has 1 aromatic heterocycles. The van der Waals surface area contributed by atoms with Crippen LogP contribution in [0.3, 0.4) is 0 Å². The first kappa shape index (κ1) is 12.6. The molecule has 1 aromatic carbocycles. The van der Waals surface area contributed by atoms with Gasteiger partial charge in [-0.3, -0.25) is 0 Å². The molecular weight excluding hydrogens is 275 g/mol. The van der Waals surface area contributed by atoms with Gasteiger partial charge in [0.25, 0.3) is 0 Å². The fourth-order valence-corrected chi connectivity index (χ4v) is 2.67. The van der Waals surface area contributed by atoms with Gasteiger partial charge in [-0.2, -0.15) is 0 Å². The van der Waals surface area contributed by atoms with Gasteiger partial charge in [-0.25, -0.2) is 4.98 Å². The maximum absolute atomic E-state index is 6.08. The van der Waals surface area contributed by atoms with Gasteiger partial charge in [0.05, 0.1) is 16.9 Å². The van der Waals surface area contributed by atoms with Gasteiger partial charge in [-0.15, -0.1) is 11.8 Å². The van der Waals surface area contributed by atoms with E-state index in [0.29, 0.717) is 15.7 Å². The van der Waals surface area contributed by atoms with Crippen molar-refractivity contribution in [2.45, 2.75) is 10.8 Å².